The van der Waals surface area contributed by atoms with Crippen molar-refractivity contribution in [2.24, 2.45) is 0 Å². The van der Waals surface area contributed by atoms with Gasteiger partial charge in [0.2, 0.25) is 5.16 Å². The van der Waals surface area contributed by atoms with Gasteiger partial charge in [0.25, 0.3) is 0 Å². The van der Waals surface area contributed by atoms with Crippen LogP contribution in [0, 0.1) is 0 Å². The second kappa shape index (κ2) is 8.33. The number of aromatic nitrogens is 4. The van der Waals surface area contributed by atoms with Gasteiger partial charge in [0.15, 0.2) is 0 Å². The van der Waals surface area contributed by atoms with Gasteiger partial charge in [0.05, 0.1) is 12.3 Å². The molecule has 22 heavy (non-hydrogen) atoms. The third kappa shape index (κ3) is 4.70. The fraction of sp³-hybridized carbons (Fsp3) is 0.333. The highest BCUT2D eigenvalue weighted by atomic mass is 32.2. The molecule has 0 fully saturated rings. The highest BCUT2D eigenvalue weighted by molar-refractivity contribution is 7.99. The molecule has 0 bridgehead atoms. The highest BCUT2D eigenvalue weighted by Gasteiger charge is 2.08. The molecule has 6 nitrogen and oxygen atoms in total. The Kier molecular flexibility index (Phi) is 6.14. The molecule has 116 valence electrons. The van der Waals surface area contributed by atoms with Gasteiger partial charge in [-0.2, -0.15) is 4.68 Å². The molecule has 1 heterocycles. The lowest BCUT2D eigenvalue weighted by Gasteiger charge is -2.04. The number of nitrogens with zero attached hydrogens (tertiary/aromatic N) is 4. The van der Waals surface area contributed by atoms with Gasteiger partial charge >= 0.3 is 5.97 Å². The number of ether oxygens (including phenoxy) is 1. The van der Waals surface area contributed by atoms with E-state index < -0.39 is 0 Å². The molecule has 2 rings (SSSR count). The van der Waals surface area contributed by atoms with Crippen molar-refractivity contribution in [3.63, 3.8) is 0 Å². The maximum atomic E-state index is 11.3. The van der Waals surface area contributed by atoms with Crippen LogP contribution in [-0.2, 0) is 9.53 Å². The maximum Gasteiger partial charge on any atom is 0.330 e. The van der Waals surface area contributed by atoms with Crippen molar-refractivity contribution >= 4 is 17.7 Å². The Morgan fingerprint density at radius 1 is 1.36 bits per heavy atom. The summed E-state index contributed by atoms with van der Waals surface area (Å²) in [7, 11) is 0. The number of carbonyl (C=O) groups excluding carboxylic acids is 1. The molecule has 1 aromatic carbocycles. The number of allylic oxidation sites excluding steroid dienone is 1. The Morgan fingerprint density at radius 3 is 2.86 bits per heavy atom. The largest absolute Gasteiger partial charge is 0.463 e. The molecule has 7 heteroatoms. The average molecular weight is 318 g/mol. The van der Waals surface area contributed by atoms with Gasteiger partial charge < -0.3 is 4.74 Å². The van der Waals surface area contributed by atoms with Crippen LogP contribution in [0.5, 0.6) is 0 Å². The van der Waals surface area contributed by atoms with Gasteiger partial charge in [-0.1, -0.05) is 35.5 Å². The van der Waals surface area contributed by atoms with Gasteiger partial charge in [0, 0.05) is 11.8 Å². The molecule has 0 atom stereocenters. The number of benzene rings is 1. The number of tetrazole rings is 1. The number of para-hydroxylation sites is 1. The molecule has 0 spiro atoms. The third-order valence-electron chi connectivity index (χ3n) is 2.82. The number of thioether (sulfide) groups is 1. The van der Waals surface area contributed by atoms with Crippen molar-refractivity contribution in [2.75, 3.05) is 12.4 Å². The minimum absolute atomic E-state index is 0.292. The Balaban J connectivity index is 1.91. The quantitative estimate of drug-likeness (QED) is 0.444. The first kappa shape index (κ1) is 16.2. The second-order valence-corrected chi connectivity index (χ2v) is 5.61. The summed E-state index contributed by atoms with van der Waals surface area (Å²) in [5.41, 5.74) is 1.90. The standard InChI is InChI=1S/C15H18N4O2S/c1-3-21-14(20)11-12(2)9-10-22-15-16-17-18-19(15)13-7-5-4-6-8-13/h4-8,11H,3,9-10H2,1-2H3. The van der Waals surface area contributed by atoms with E-state index in [-0.39, 0.29) is 5.97 Å². The summed E-state index contributed by atoms with van der Waals surface area (Å²) in [4.78, 5) is 11.3. The Hall–Kier alpha value is -2.15. The van der Waals surface area contributed by atoms with Crippen LogP contribution in [0.2, 0.25) is 0 Å². The summed E-state index contributed by atoms with van der Waals surface area (Å²) in [5, 5.41) is 12.5. The first-order valence-corrected chi connectivity index (χ1v) is 7.99. The van der Waals surface area contributed by atoms with Crippen LogP contribution in [0.4, 0.5) is 0 Å². The van der Waals surface area contributed by atoms with Crippen molar-refractivity contribution in [3.05, 3.63) is 42.0 Å². The van der Waals surface area contributed by atoms with Gasteiger partial charge in [-0.25, -0.2) is 4.79 Å². The lowest BCUT2D eigenvalue weighted by molar-refractivity contribution is -0.137. The fourth-order valence-electron chi connectivity index (χ4n) is 1.76. The molecule has 0 saturated carbocycles. The minimum Gasteiger partial charge on any atom is -0.463 e. The minimum atomic E-state index is -0.292. The van der Waals surface area contributed by atoms with Crippen molar-refractivity contribution in [1.82, 2.24) is 20.2 Å². The first-order chi connectivity index (χ1) is 10.7. The number of hydrogen-bond donors (Lipinski definition) is 0. The number of rotatable bonds is 7. The van der Waals surface area contributed by atoms with Gasteiger partial charge in [-0.05, 0) is 42.8 Å². The van der Waals surface area contributed by atoms with E-state index >= 15 is 0 Å². The van der Waals surface area contributed by atoms with Crippen LogP contribution in [0.3, 0.4) is 0 Å². The molecule has 2 aromatic rings. The third-order valence-corrected chi connectivity index (χ3v) is 3.74. The molecule has 0 aliphatic heterocycles. The van der Waals surface area contributed by atoms with Crippen LogP contribution in [0.1, 0.15) is 20.3 Å². The molecule has 0 radical (unpaired) electrons. The monoisotopic (exact) mass is 318 g/mol. The van der Waals surface area contributed by atoms with E-state index in [4.69, 9.17) is 4.74 Å². The summed E-state index contributed by atoms with van der Waals surface area (Å²) in [6.45, 7) is 4.10. The predicted molar refractivity (Wildman–Crippen MR) is 84.9 cm³/mol. The van der Waals surface area contributed by atoms with E-state index in [1.807, 2.05) is 37.3 Å². The normalized spacial score (nSPS) is 11.5. The SMILES string of the molecule is CCOC(=O)C=C(C)CCSc1nnnn1-c1ccccc1. The van der Waals surface area contributed by atoms with Crippen molar-refractivity contribution < 1.29 is 9.53 Å². The van der Waals surface area contributed by atoms with Crippen molar-refractivity contribution in [2.45, 2.75) is 25.4 Å². The zero-order valence-corrected chi connectivity index (χ0v) is 13.4. The smallest absolute Gasteiger partial charge is 0.330 e. The zero-order valence-electron chi connectivity index (χ0n) is 12.6. The van der Waals surface area contributed by atoms with Gasteiger partial charge in [0.1, 0.15) is 0 Å². The Bertz CT molecular complexity index is 640. The molecule has 1 aromatic heterocycles. The van der Waals surface area contributed by atoms with E-state index in [1.54, 1.807) is 23.4 Å². The average Bonchev–Trinajstić information content (AvgIpc) is 2.97. The predicted octanol–water partition coefficient (Wildman–Crippen LogP) is 2.65. The lowest BCUT2D eigenvalue weighted by Crippen LogP contribution is -2.01. The Morgan fingerprint density at radius 2 is 2.14 bits per heavy atom. The Labute approximate surface area is 133 Å². The second-order valence-electron chi connectivity index (χ2n) is 4.55. The van der Waals surface area contributed by atoms with E-state index in [9.17, 15) is 4.79 Å². The van der Waals surface area contributed by atoms with Crippen LogP contribution < -0.4 is 0 Å². The topological polar surface area (TPSA) is 69.9 Å². The highest BCUT2D eigenvalue weighted by Crippen LogP contribution is 2.20. The van der Waals surface area contributed by atoms with Crippen molar-refractivity contribution in [1.29, 1.82) is 0 Å². The summed E-state index contributed by atoms with van der Waals surface area (Å²) < 4.78 is 6.59. The summed E-state index contributed by atoms with van der Waals surface area (Å²) in [5.74, 6) is 0.494. The summed E-state index contributed by atoms with van der Waals surface area (Å²) in [6, 6.07) is 9.73. The molecular weight excluding hydrogens is 300 g/mol. The first-order valence-electron chi connectivity index (χ1n) is 7.01. The van der Waals surface area contributed by atoms with E-state index in [0.717, 1.165) is 28.6 Å². The van der Waals surface area contributed by atoms with E-state index in [1.165, 1.54) is 6.08 Å². The number of esters is 1. The van der Waals surface area contributed by atoms with Crippen molar-refractivity contribution in [3.8, 4) is 5.69 Å². The zero-order chi connectivity index (χ0) is 15.8. The molecule has 0 saturated heterocycles. The molecule has 0 amide bonds. The molecular formula is C15H18N4O2S. The van der Waals surface area contributed by atoms with E-state index in [0.29, 0.717) is 6.61 Å². The van der Waals surface area contributed by atoms with Gasteiger partial charge in [-0.3, -0.25) is 0 Å². The van der Waals surface area contributed by atoms with E-state index in [2.05, 4.69) is 15.5 Å². The van der Waals surface area contributed by atoms with Gasteiger partial charge in [-0.15, -0.1) is 5.10 Å². The maximum absolute atomic E-state index is 11.3. The lowest BCUT2D eigenvalue weighted by atomic mass is 10.2. The summed E-state index contributed by atoms with van der Waals surface area (Å²) in [6.07, 6.45) is 2.30. The van der Waals surface area contributed by atoms with Crippen LogP contribution in [0.15, 0.2) is 47.1 Å². The van der Waals surface area contributed by atoms with Crippen LogP contribution >= 0.6 is 11.8 Å². The van der Waals surface area contributed by atoms with Crippen LogP contribution in [-0.4, -0.2) is 38.5 Å². The van der Waals surface area contributed by atoms with Crippen LogP contribution in [0.25, 0.3) is 5.69 Å². The fourth-order valence-corrected chi connectivity index (χ4v) is 2.73. The molecule has 0 aliphatic rings. The number of hydrogen-bond acceptors (Lipinski definition) is 6. The number of carbonyl (C=O) groups is 1. The molecule has 0 unspecified atom stereocenters. The molecule has 0 N–H and O–H groups in total. The molecule has 0 aliphatic carbocycles. The summed E-state index contributed by atoms with van der Waals surface area (Å²) >= 11 is 1.55.